The summed E-state index contributed by atoms with van der Waals surface area (Å²) in [5.74, 6) is -1.37. The number of H-pyrrole nitrogens is 1. The monoisotopic (exact) mass is 194 g/mol. The summed E-state index contributed by atoms with van der Waals surface area (Å²) >= 11 is 0. The summed E-state index contributed by atoms with van der Waals surface area (Å²) in [5, 5.41) is 15.5. The molecule has 0 aliphatic rings. The van der Waals surface area contributed by atoms with Gasteiger partial charge in [-0.1, -0.05) is 0 Å². The SMILES string of the molecule is O=C(O)Cc1[nH]nc2ccc(F)cc12. The van der Waals surface area contributed by atoms with Gasteiger partial charge in [0.1, 0.15) is 5.82 Å². The molecule has 0 atom stereocenters. The van der Waals surface area contributed by atoms with Crippen LogP contribution in [0.1, 0.15) is 5.69 Å². The molecule has 0 spiro atoms. The van der Waals surface area contributed by atoms with Gasteiger partial charge in [-0.25, -0.2) is 4.39 Å². The second-order valence-corrected chi connectivity index (χ2v) is 2.93. The molecule has 0 saturated heterocycles. The summed E-state index contributed by atoms with van der Waals surface area (Å²) < 4.78 is 12.8. The Kier molecular flexibility index (Phi) is 1.92. The van der Waals surface area contributed by atoms with E-state index in [0.29, 0.717) is 16.6 Å². The van der Waals surface area contributed by atoms with Crippen molar-refractivity contribution in [3.63, 3.8) is 0 Å². The van der Waals surface area contributed by atoms with E-state index in [1.165, 1.54) is 18.2 Å². The lowest BCUT2D eigenvalue weighted by atomic mass is 10.1. The zero-order chi connectivity index (χ0) is 10.1. The standard InChI is InChI=1S/C9H7FN2O2/c10-5-1-2-7-6(3-5)8(12-11-7)4-9(13)14/h1-3H,4H2,(H,11,12)(H,13,14). The van der Waals surface area contributed by atoms with Gasteiger partial charge < -0.3 is 5.11 Å². The van der Waals surface area contributed by atoms with Crippen molar-refractivity contribution in [2.24, 2.45) is 0 Å². The van der Waals surface area contributed by atoms with Crippen molar-refractivity contribution in [3.8, 4) is 0 Å². The van der Waals surface area contributed by atoms with E-state index in [0.717, 1.165) is 0 Å². The third-order valence-electron chi connectivity index (χ3n) is 1.92. The maximum absolute atomic E-state index is 12.8. The van der Waals surface area contributed by atoms with Gasteiger partial charge in [0, 0.05) is 5.39 Å². The molecule has 1 heterocycles. The second kappa shape index (κ2) is 3.10. The normalized spacial score (nSPS) is 10.6. The molecular formula is C9H7FN2O2. The molecule has 2 aromatic rings. The lowest BCUT2D eigenvalue weighted by Gasteiger charge is -1.93. The predicted molar refractivity (Wildman–Crippen MR) is 47.4 cm³/mol. The zero-order valence-corrected chi connectivity index (χ0v) is 7.12. The van der Waals surface area contributed by atoms with Crippen molar-refractivity contribution in [2.45, 2.75) is 6.42 Å². The van der Waals surface area contributed by atoms with Crippen molar-refractivity contribution in [2.75, 3.05) is 0 Å². The van der Waals surface area contributed by atoms with Gasteiger partial charge in [-0.15, -0.1) is 0 Å². The van der Waals surface area contributed by atoms with Crippen LogP contribution in [0.4, 0.5) is 4.39 Å². The van der Waals surface area contributed by atoms with Crippen molar-refractivity contribution in [1.29, 1.82) is 0 Å². The molecule has 2 N–H and O–H groups in total. The Morgan fingerprint density at radius 3 is 3.07 bits per heavy atom. The molecule has 72 valence electrons. The van der Waals surface area contributed by atoms with Crippen LogP contribution < -0.4 is 0 Å². The van der Waals surface area contributed by atoms with Crippen LogP contribution in [0, 0.1) is 5.82 Å². The first-order valence-electron chi connectivity index (χ1n) is 4.01. The summed E-state index contributed by atoms with van der Waals surface area (Å²) in [6, 6.07) is 4.07. The summed E-state index contributed by atoms with van der Waals surface area (Å²) in [6.45, 7) is 0. The molecule has 0 aliphatic heterocycles. The molecule has 0 fully saturated rings. The van der Waals surface area contributed by atoms with Gasteiger partial charge in [0.15, 0.2) is 0 Å². The number of hydrogen-bond donors (Lipinski definition) is 2. The Labute approximate surface area is 78.4 Å². The molecule has 0 bridgehead atoms. The quantitative estimate of drug-likeness (QED) is 0.757. The van der Waals surface area contributed by atoms with E-state index in [1.807, 2.05) is 0 Å². The highest BCUT2D eigenvalue weighted by atomic mass is 19.1. The molecule has 0 radical (unpaired) electrons. The topological polar surface area (TPSA) is 66.0 Å². The largest absolute Gasteiger partial charge is 0.481 e. The van der Waals surface area contributed by atoms with Crippen LogP contribution in [0.25, 0.3) is 10.9 Å². The summed E-state index contributed by atoms with van der Waals surface area (Å²) in [6.07, 6.45) is -0.181. The highest BCUT2D eigenvalue weighted by Gasteiger charge is 2.09. The molecular weight excluding hydrogens is 187 g/mol. The number of nitrogens with one attached hydrogen (secondary N) is 1. The van der Waals surface area contributed by atoms with Gasteiger partial charge in [-0.3, -0.25) is 9.89 Å². The third-order valence-corrected chi connectivity index (χ3v) is 1.92. The summed E-state index contributed by atoms with van der Waals surface area (Å²) in [4.78, 5) is 10.5. The summed E-state index contributed by atoms with van der Waals surface area (Å²) in [5.41, 5.74) is 0.995. The van der Waals surface area contributed by atoms with E-state index in [2.05, 4.69) is 10.2 Å². The lowest BCUT2D eigenvalue weighted by molar-refractivity contribution is -0.136. The Hall–Kier alpha value is -1.91. The molecule has 1 aromatic carbocycles. The number of benzene rings is 1. The number of rotatable bonds is 2. The van der Waals surface area contributed by atoms with Gasteiger partial charge in [0.2, 0.25) is 0 Å². The fraction of sp³-hybridized carbons (Fsp3) is 0.111. The molecule has 5 heteroatoms. The van der Waals surface area contributed by atoms with Crippen LogP contribution in [-0.4, -0.2) is 21.3 Å². The van der Waals surface area contributed by atoms with E-state index in [1.54, 1.807) is 0 Å². The number of aromatic nitrogens is 2. The van der Waals surface area contributed by atoms with Crippen molar-refractivity contribution < 1.29 is 14.3 Å². The highest BCUT2D eigenvalue weighted by Crippen LogP contribution is 2.17. The number of hydrogen-bond acceptors (Lipinski definition) is 2. The summed E-state index contributed by atoms with van der Waals surface area (Å²) in [7, 11) is 0. The molecule has 2 rings (SSSR count). The minimum Gasteiger partial charge on any atom is -0.481 e. The number of halogens is 1. The predicted octanol–water partition coefficient (Wildman–Crippen LogP) is 1.33. The Bertz CT molecular complexity index is 493. The Morgan fingerprint density at radius 2 is 2.36 bits per heavy atom. The number of aromatic amines is 1. The van der Waals surface area contributed by atoms with Crippen LogP contribution in [0.5, 0.6) is 0 Å². The maximum Gasteiger partial charge on any atom is 0.309 e. The lowest BCUT2D eigenvalue weighted by Crippen LogP contribution is -2.00. The first kappa shape index (κ1) is 8.68. The van der Waals surface area contributed by atoms with Crippen LogP contribution >= 0.6 is 0 Å². The van der Waals surface area contributed by atoms with Crippen molar-refractivity contribution >= 4 is 16.9 Å². The molecule has 0 aliphatic carbocycles. The molecule has 14 heavy (non-hydrogen) atoms. The van der Waals surface area contributed by atoms with E-state index in [9.17, 15) is 9.18 Å². The van der Waals surface area contributed by atoms with Crippen LogP contribution in [0.2, 0.25) is 0 Å². The highest BCUT2D eigenvalue weighted by molar-refractivity contribution is 5.85. The first-order chi connectivity index (χ1) is 6.66. The second-order valence-electron chi connectivity index (χ2n) is 2.93. The van der Waals surface area contributed by atoms with E-state index in [-0.39, 0.29) is 6.42 Å². The average Bonchev–Trinajstić information content (AvgIpc) is 2.47. The molecule has 0 saturated carbocycles. The Balaban J connectivity index is 2.55. The minimum atomic E-state index is -0.972. The van der Waals surface area contributed by atoms with E-state index < -0.39 is 11.8 Å². The van der Waals surface area contributed by atoms with Crippen LogP contribution in [0.3, 0.4) is 0 Å². The Morgan fingerprint density at radius 1 is 1.57 bits per heavy atom. The van der Waals surface area contributed by atoms with Crippen LogP contribution in [-0.2, 0) is 11.2 Å². The number of carboxylic acid groups (broad SMARTS) is 1. The van der Waals surface area contributed by atoms with E-state index in [4.69, 9.17) is 5.11 Å². The number of nitrogens with zero attached hydrogens (tertiary/aromatic N) is 1. The fourth-order valence-electron chi connectivity index (χ4n) is 1.32. The smallest absolute Gasteiger partial charge is 0.309 e. The zero-order valence-electron chi connectivity index (χ0n) is 7.12. The number of fused-ring (bicyclic) bond motifs is 1. The first-order valence-corrected chi connectivity index (χ1v) is 4.01. The van der Waals surface area contributed by atoms with Crippen molar-refractivity contribution in [1.82, 2.24) is 10.2 Å². The van der Waals surface area contributed by atoms with Gasteiger partial charge in [0.25, 0.3) is 0 Å². The van der Waals surface area contributed by atoms with E-state index >= 15 is 0 Å². The molecule has 4 nitrogen and oxygen atoms in total. The van der Waals surface area contributed by atoms with Gasteiger partial charge in [-0.05, 0) is 18.2 Å². The molecule has 0 unspecified atom stereocenters. The fourth-order valence-corrected chi connectivity index (χ4v) is 1.32. The maximum atomic E-state index is 12.8. The third kappa shape index (κ3) is 1.44. The van der Waals surface area contributed by atoms with Gasteiger partial charge >= 0.3 is 5.97 Å². The van der Waals surface area contributed by atoms with Crippen LogP contribution in [0.15, 0.2) is 18.2 Å². The number of carboxylic acids is 1. The average molecular weight is 194 g/mol. The molecule has 1 aromatic heterocycles. The van der Waals surface area contributed by atoms with Gasteiger partial charge in [-0.2, -0.15) is 5.10 Å². The number of aliphatic carboxylic acids is 1. The number of carbonyl (C=O) groups is 1. The van der Waals surface area contributed by atoms with Gasteiger partial charge in [0.05, 0.1) is 17.6 Å². The van der Waals surface area contributed by atoms with Crippen molar-refractivity contribution in [3.05, 3.63) is 29.7 Å². The minimum absolute atomic E-state index is 0.181. The molecule has 0 amide bonds.